The van der Waals surface area contributed by atoms with Gasteiger partial charge in [0.2, 0.25) is 0 Å². The second-order valence-corrected chi connectivity index (χ2v) is 11.1. The molecular weight excluding hydrogens is 520 g/mol. The predicted octanol–water partition coefficient (Wildman–Crippen LogP) is 3.12. The summed E-state index contributed by atoms with van der Waals surface area (Å²) in [6.07, 6.45) is 1.03. The van der Waals surface area contributed by atoms with E-state index in [1.807, 2.05) is 0 Å². The molecule has 2 heterocycles. The maximum Gasteiger partial charge on any atom is 0.191 e. The molecule has 1 aromatic carbocycles. The number of hydrogen-bond donors (Lipinski definition) is 4. The SMILES string of the molecule is CCCSc1nc(NC2CC2c2ccc(Br)cc2)c2nnn(C3CC(CCO)C(O)C3O)c2n1. The largest absolute Gasteiger partial charge is 0.396 e. The number of aromatic nitrogens is 5. The Kier molecular flexibility index (Phi) is 7.08. The summed E-state index contributed by atoms with van der Waals surface area (Å²) in [7, 11) is 0. The molecule has 6 unspecified atom stereocenters. The first kappa shape index (κ1) is 23.9. The lowest BCUT2D eigenvalue weighted by Gasteiger charge is -2.17. The molecule has 2 aromatic heterocycles. The number of rotatable bonds is 9. The second-order valence-electron chi connectivity index (χ2n) is 9.11. The minimum Gasteiger partial charge on any atom is -0.396 e. The molecule has 0 amide bonds. The van der Waals surface area contributed by atoms with Gasteiger partial charge in [0.15, 0.2) is 22.1 Å². The number of halogens is 1. The van der Waals surface area contributed by atoms with Crippen molar-refractivity contribution in [2.24, 2.45) is 5.92 Å². The van der Waals surface area contributed by atoms with E-state index in [1.165, 1.54) is 5.56 Å². The summed E-state index contributed by atoms with van der Waals surface area (Å²) in [5.74, 6) is 1.75. The van der Waals surface area contributed by atoms with E-state index in [0.29, 0.717) is 40.9 Å². The van der Waals surface area contributed by atoms with E-state index in [2.05, 4.69) is 62.7 Å². The maximum absolute atomic E-state index is 10.7. The van der Waals surface area contributed by atoms with Crippen LogP contribution in [0.2, 0.25) is 0 Å². The third-order valence-electron chi connectivity index (χ3n) is 6.73. The Morgan fingerprint density at radius 2 is 1.94 bits per heavy atom. The molecule has 9 nitrogen and oxygen atoms in total. The molecular formula is C23H29BrN6O3S. The first-order valence-electron chi connectivity index (χ1n) is 11.7. The van der Waals surface area contributed by atoms with Gasteiger partial charge in [-0.3, -0.25) is 0 Å². The summed E-state index contributed by atoms with van der Waals surface area (Å²) in [5, 5.41) is 43.4. The van der Waals surface area contributed by atoms with Crippen LogP contribution < -0.4 is 5.32 Å². The highest BCUT2D eigenvalue weighted by Crippen LogP contribution is 2.44. The minimum absolute atomic E-state index is 0.0335. The highest BCUT2D eigenvalue weighted by atomic mass is 79.9. The summed E-state index contributed by atoms with van der Waals surface area (Å²) in [5.41, 5.74) is 2.40. The van der Waals surface area contributed by atoms with Gasteiger partial charge in [0.05, 0.1) is 12.1 Å². The molecule has 3 aromatic rings. The standard InChI is InChI=1S/C23H29BrN6O3S/c1-2-9-34-23-26-21(25-16-11-15(16)12-3-5-14(24)6-4-12)18-22(27-23)30(29-28-18)17-10-13(7-8-31)19(32)20(17)33/h3-6,13,15-17,19-20,31-33H,2,7-11H2,1H3,(H,25,26,27). The van der Waals surface area contributed by atoms with Gasteiger partial charge in [-0.2, -0.15) is 0 Å². The summed E-state index contributed by atoms with van der Waals surface area (Å²) >= 11 is 5.07. The zero-order valence-corrected chi connectivity index (χ0v) is 21.3. The Morgan fingerprint density at radius 3 is 2.68 bits per heavy atom. The maximum atomic E-state index is 10.7. The van der Waals surface area contributed by atoms with Crippen molar-refractivity contribution in [2.45, 2.75) is 68.0 Å². The number of thioether (sulfide) groups is 1. The average molecular weight is 549 g/mol. The van der Waals surface area contributed by atoms with Crippen LogP contribution >= 0.6 is 27.7 Å². The molecule has 2 saturated carbocycles. The van der Waals surface area contributed by atoms with Gasteiger partial charge in [-0.05, 0) is 49.3 Å². The van der Waals surface area contributed by atoms with Crippen LogP contribution in [0.3, 0.4) is 0 Å². The molecule has 4 N–H and O–H groups in total. The number of anilines is 1. The van der Waals surface area contributed by atoms with Gasteiger partial charge in [-0.25, -0.2) is 14.6 Å². The monoisotopic (exact) mass is 548 g/mol. The van der Waals surface area contributed by atoms with Crippen LogP contribution in [0.25, 0.3) is 11.2 Å². The van der Waals surface area contributed by atoms with Crippen LogP contribution in [0.4, 0.5) is 5.82 Å². The Labute approximate surface area is 210 Å². The van der Waals surface area contributed by atoms with Gasteiger partial charge in [0.25, 0.3) is 0 Å². The smallest absolute Gasteiger partial charge is 0.191 e. The number of aliphatic hydroxyl groups is 3. The number of nitrogens with zero attached hydrogens (tertiary/aromatic N) is 5. The molecule has 2 aliphatic rings. The second kappa shape index (κ2) is 10.1. The van der Waals surface area contributed by atoms with Crippen molar-refractivity contribution < 1.29 is 15.3 Å². The molecule has 0 radical (unpaired) electrons. The fourth-order valence-corrected chi connectivity index (χ4v) is 5.75. The molecule has 11 heteroatoms. The number of hydrogen-bond acceptors (Lipinski definition) is 9. The topological polar surface area (TPSA) is 129 Å². The van der Waals surface area contributed by atoms with E-state index < -0.39 is 18.2 Å². The van der Waals surface area contributed by atoms with Crippen LogP contribution in [0.5, 0.6) is 0 Å². The third kappa shape index (κ3) is 4.68. The fourth-order valence-electron chi connectivity index (χ4n) is 4.79. The third-order valence-corrected chi connectivity index (χ3v) is 8.32. The van der Waals surface area contributed by atoms with Crippen LogP contribution in [0, 0.1) is 5.92 Å². The van der Waals surface area contributed by atoms with E-state index in [9.17, 15) is 15.3 Å². The summed E-state index contributed by atoms with van der Waals surface area (Å²) < 4.78 is 2.69. The van der Waals surface area contributed by atoms with Crippen molar-refractivity contribution in [1.29, 1.82) is 0 Å². The Bertz CT molecular complexity index is 1150. The first-order chi connectivity index (χ1) is 16.5. The van der Waals surface area contributed by atoms with Crippen LogP contribution in [-0.4, -0.2) is 70.9 Å². The van der Waals surface area contributed by atoms with E-state index >= 15 is 0 Å². The molecule has 5 rings (SSSR count). The van der Waals surface area contributed by atoms with Crippen LogP contribution in [0.1, 0.15) is 50.1 Å². The molecule has 6 atom stereocenters. The first-order valence-corrected chi connectivity index (χ1v) is 13.5. The summed E-state index contributed by atoms with van der Waals surface area (Å²) in [6.45, 7) is 2.08. The molecule has 0 aliphatic heterocycles. The van der Waals surface area contributed by atoms with E-state index in [-0.39, 0.29) is 18.6 Å². The van der Waals surface area contributed by atoms with Gasteiger partial charge >= 0.3 is 0 Å². The van der Waals surface area contributed by atoms with E-state index in [4.69, 9.17) is 9.97 Å². The molecule has 2 aliphatic carbocycles. The molecule has 2 fully saturated rings. The van der Waals surface area contributed by atoms with Crippen molar-refractivity contribution in [3.8, 4) is 0 Å². The predicted molar refractivity (Wildman–Crippen MR) is 134 cm³/mol. The zero-order chi connectivity index (χ0) is 23.8. The fraction of sp³-hybridized carbons (Fsp3) is 0.565. The normalized spacial score (nSPS) is 28.5. The number of benzene rings is 1. The van der Waals surface area contributed by atoms with Crippen molar-refractivity contribution in [2.75, 3.05) is 17.7 Å². The molecule has 0 saturated heterocycles. The van der Waals surface area contributed by atoms with Crippen molar-refractivity contribution in [3.63, 3.8) is 0 Å². The lowest BCUT2D eigenvalue weighted by Crippen LogP contribution is -2.30. The van der Waals surface area contributed by atoms with Gasteiger partial charge in [0.1, 0.15) is 6.10 Å². The zero-order valence-electron chi connectivity index (χ0n) is 18.9. The van der Waals surface area contributed by atoms with E-state index in [1.54, 1.807) is 16.4 Å². The highest BCUT2D eigenvalue weighted by Gasteiger charge is 2.44. The van der Waals surface area contributed by atoms with Crippen LogP contribution in [0.15, 0.2) is 33.9 Å². The Hall–Kier alpha value is -1.79. The Morgan fingerprint density at radius 1 is 1.15 bits per heavy atom. The lowest BCUT2D eigenvalue weighted by molar-refractivity contribution is 0.00107. The van der Waals surface area contributed by atoms with Crippen molar-refractivity contribution in [1.82, 2.24) is 25.0 Å². The van der Waals surface area contributed by atoms with Crippen molar-refractivity contribution in [3.05, 3.63) is 34.3 Å². The molecule has 182 valence electrons. The van der Waals surface area contributed by atoms with Gasteiger partial charge in [-0.1, -0.05) is 52.0 Å². The molecule has 34 heavy (non-hydrogen) atoms. The van der Waals surface area contributed by atoms with Gasteiger partial charge < -0.3 is 20.6 Å². The number of nitrogens with one attached hydrogen (secondary N) is 1. The molecule has 0 spiro atoms. The lowest BCUT2D eigenvalue weighted by atomic mass is 10.0. The molecule has 0 bridgehead atoms. The highest BCUT2D eigenvalue weighted by molar-refractivity contribution is 9.10. The summed E-state index contributed by atoms with van der Waals surface area (Å²) in [4.78, 5) is 9.48. The van der Waals surface area contributed by atoms with E-state index in [0.717, 1.165) is 23.1 Å². The minimum atomic E-state index is -0.996. The van der Waals surface area contributed by atoms with Gasteiger partial charge in [-0.15, -0.1) is 5.10 Å². The summed E-state index contributed by atoms with van der Waals surface area (Å²) in [6, 6.07) is 8.19. The quantitative estimate of drug-likeness (QED) is 0.235. The van der Waals surface area contributed by atoms with Gasteiger partial charge in [0, 0.05) is 28.8 Å². The number of fused-ring (bicyclic) bond motifs is 1. The van der Waals surface area contributed by atoms with Crippen LogP contribution in [-0.2, 0) is 0 Å². The van der Waals surface area contributed by atoms with Crippen molar-refractivity contribution >= 4 is 44.7 Å². The Balaban J connectivity index is 1.44. The number of aliphatic hydroxyl groups excluding tert-OH is 3. The average Bonchev–Trinajstić information content (AvgIpc) is 3.38.